The van der Waals surface area contributed by atoms with Crippen LogP contribution in [-0.2, 0) is 23.8 Å². The van der Waals surface area contributed by atoms with Gasteiger partial charge in [-0.1, -0.05) is 0 Å². The van der Waals surface area contributed by atoms with Crippen molar-refractivity contribution < 1.29 is 39.1 Å². The first kappa shape index (κ1) is 25.3. The minimum Gasteiger partial charge on any atom is -0.475 e. The summed E-state index contributed by atoms with van der Waals surface area (Å²) in [5.41, 5.74) is 4.26. The van der Waals surface area contributed by atoms with Gasteiger partial charge in [-0.25, -0.2) is 9.59 Å². The zero-order chi connectivity index (χ0) is 24.1. The predicted molar refractivity (Wildman–Crippen MR) is 107 cm³/mol. The fourth-order valence-corrected chi connectivity index (χ4v) is 3.06. The standard InChI is InChI=1S/C16H19N3O8.C3H8O2/c17-14(21)13(27-12-3-1-2-9(26-12)15(22)23)8-4-5-11(25-8)19-7-6-10(20)18-16(19)24;1-3(2,4)5/h2,6-8,11-13H,1,3-5H2,(H2,17,21)(H,22,23)(H,18,20,24);4-5H,1-2H3. The number of hydrogen-bond acceptors (Lipinski definition) is 9. The highest BCUT2D eigenvalue weighted by atomic mass is 16.7. The van der Waals surface area contributed by atoms with E-state index in [4.69, 9.17) is 35.3 Å². The van der Waals surface area contributed by atoms with Crippen molar-refractivity contribution in [2.75, 3.05) is 0 Å². The van der Waals surface area contributed by atoms with Crippen LogP contribution in [0, 0.1) is 0 Å². The van der Waals surface area contributed by atoms with Crippen molar-refractivity contribution in [3.63, 3.8) is 0 Å². The second-order valence-electron chi connectivity index (χ2n) is 7.68. The number of aromatic nitrogens is 2. The number of aromatic amines is 1. The molecule has 1 aromatic heterocycles. The molecule has 178 valence electrons. The van der Waals surface area contributed by atoms with Gasteiger partial charge in [0.15, 0.2) is 11.9 Å². The molecular weight excluding hydrogens is 430 g/mol. The number of amides is 1. The van der Waals surface area contributed by atoms with Crippen LogP contribution in [0.1, 0.15) is 45.8 Å². The molecule has 6 N–H and O–H groups in total. The Balaban J connectivity index is 0.000000654. The Morgan fingerprint density at radius 1 is 1.28 bits per heavy atom. The van der Waals surface area contributed by atoms with E-state index in [0.29, 0.717) is 25.7 Å². The van der Waals surface area contributed by atoms with Crippen LogP contribution in [0.2, 0.25) is 0 Å². The SMILES string of the molecule is CC(C)(O)O.NC(=O)C(OC1CCC=C(C(=O)O)O1)C1CCC(n2ccc(=O)[nH]c2=O)O1. The second kappa shape index (κ2) is 10.5. The molecule has 3 heterocycles. The summed E-state index contributed by atoms with van der Waals surface area (Å²) in [6, 6.07) is 1.19. The van der Waals surface area contributed by atoms with E-state index >= 15 is 0 Å². The van der Waals surface area contributed by atoms with E-state index in [1.165, 1.54) is 36.8 Å². The Bertz CT molecular complexity index is 955. The number of carbonyl (C=O) groups is 2. The molecular formula is C19H27N3O10. The van der Waals surface area contributed by atoms with Gasteiger partial charge in [-0.2, -0.15) is 0 Å². The van der Waals surface area contributed by atoms with E-state index in [-0.39, 0.29) is 5.76 Å². The molecule has 0 aliphatic carbocycles. The third-order valence-corrected chi connectivity index (χ3v) is 4.31. The number of carboxylic acids is 1. The molecule has 2 aliphatic heterocycles. The number of ether oxygens (including phenoxy) is 3. The van der Waals surface area contributed by atoms with Gasteiger partial charge in [-0.3, -0.25) is 19.1 Å². The molecule has 1 aromatic rings. The van der Waals surface area contributed by atoms with Crippen LogP contribution in [0.4, 0.5) is 0 Å². The van der Waals surface area contributed by atoms with Crippen LogP contribution in [0.3, 0.4) is 0 Å². The maximum absolute atomic E-state index is 11.9. The zero-order valence-corrected chi connectivity index (χ0v) is 17.6. The topological polar surface area (TPSA) is 203 Å². The largest absolute Gasteiger partial charge is 0.475 e. The molecule has 3 rings (SSSR count). The van der Waals surface area contributed by atoms with Gasteiger partial charge in [0.2, 0.25) is 18.0 Å². The summed E-state index contributed by atoms with van der Waals surface area (Å²) in [7, 11) is 0. The zero-order valence-electron chi connectivity index (χ0n) is 17.6. The van der Waals surface area contributed by atoms with Crippen LogP contribution < -0.4 is 17.0 Å². The lowest BCUT2D eigenvalue weighted by atomic mass is 10.1. The van der Waals surface area contributed by atoms with Gasteiger partial charge in [0.25, 0.3) is 5.56 Å². The highest BCUT2D eigenvalue weighted by Crippen LogP contribution is 2.31. The minimum atomic E-state index is -1.50. The van der Waals surface area contributed by atoms with Crippen LogP contribution in [-0.4, -0.2) is 61.0 Å². The summed E-state index contributed by atoms with van der Waals surface area (Å²) in [6.07, 6.45) is 0.723. The van der Waals surface area contributed by atoms with E-state index in [0.717, 1.165) is 0 Å². The Hall–Kier alpha value is -3.00. The number of nitrogens with one attached hydrogen (secondary N) is 1. The van der Waals surface area contributed by atoms with Crippen molar-refractivity contribution in [1.29, 1.82) is 0 Å². The Kier molecular flexibility index (Phi) is 8.32. The van der Waals surface area contributed by atoms with Crippen molar-refractivity contribution in [3.8, 4) is 0 Å². The molecule has 0 saturated carbocycles. The van der Waals surface area contributed by atoms with Gasteiger partial charge in [0, 0.05) is 18.7 Å². The van der Waals surface area contributed by atoms with E-state index < -0.39 is 53.6 Å². The maximum atomic E-state index is 11.9. The molecule has 0 spiro atoms. The number of H-pyrrole nitrogens is 1. The molecule has 32 heavy (non-hydrogen) atoms. The maximum Gasteiger partial charge on any atom is 0.370 e. The van der Waals surface area contributed by atoms with Gasteiger partial charge in [0.1, 0.15) is 6.23 Å². The van der Waals surface area contributed by atoms with Crippen molar-refractivity contribution >= 4 is 11.9 Å². The molecule has 1 fully saturated rings. The van der Waals surface area contributed by atoms with E-state index in [1.54, 1.807) is 0 Å². The van der Waals surface area contributed by atoms with Gasteiger partial charge in [0.05, 0.1) is 6.10 Å². The molecule has 0 bridgehead atoms. The lowest BCUT2D eigenvalue weighted by Crippen LogP contribution is -2.44. The van der Waals surface area contributed by atoms with Crippen molar-refractivity contribution in [3.05, 3.63) is 44.9 Å². The first-order valence-corrected chi connectivity index (χ1v) is 9.81. The summed E-state index contributed by atoms with van der Waals surface area (Å²) >= 11 is 0. The number of carbonyl (C=O) groups excluding carboxylic acids is 1. The predicted octanol–water partition coefficient (Wildman–Crippen LogP) is -1.10. The highest BCUT2D eigenvalue weighted by Gasteiger charge is 2.39. The summed E-state index contributed by atoms with van der Waals surface area (Å²) < 4.78 is 17.7. The Morgan fingerprint density at radius 2 is 1.94 bits per heavy atom. The van der Waals surface area contributed by atoms with Gasteiger partial charge < -0.3 is 35.3 Å². The number of primary amides is 1. The van der Waals surface area contributed by atoms with Crippen molar-refractivity contribution in [1.82, 2.24) is 9.55 Å². The molecule has 0 aromatic carbocycles. The second-order valence-corrected chi connectivity index (χ2v) is 7.68. The third kappa shape index (κ3) is 7.60. The number of aliphatic carboxylic acids is 1. The van der Waals surface area contributed by atoms with Crippen LogP contribution in [0.5, 0.6) is 0 Å². The molecule has 13 nitrogen and oxygen atoms in total. The van der Waals surface area contributed by atoms with Gasteiger partial charge in [-0.15, -0.1) is 0 Å². The normalized spacial score (nSPS) is 23.9. The van der Waals surface area contributed by atoms with Crippen molar-refractivity contribution in [2.45, 2.75) is 70.0 Å². The first-order chi connectivity index (χ1) is 14.8. The fourth-order valence-electron chi connectivity index (χ4n) is 3.06. The average molecular weight is 457 g/mol. The monoisotopic (exact) mass is 457 g/mol. The quantitative estimate of drug-likeness (QED) is 0.326. The first-order valence-electron chi connectivity index (χ1n) is 9.81. The minimum absolute atomic E-state index is 0.250. The van der Waals surface area contributed by atoms with Crippen LogP contribution >= 0.6 is 0 Å². The molecule has 0 radical (unpaired) electrons. The fraction of sp³-hybridized carbons (Fsp3) is 0.579. The van der Waals surface area contributed by atoms with Crippen LogP contribution in [0.15, 0.2) is 33.7 Å². The summed E-state index contributed by atoms with van der Waals surface area (Å²) in [5, 5.41) is 25.1. The lowest BCUT2D eigenvalue weighted by molar-refractivity contribution is -0.196. The van der Waals surface area contributed by atoms with Crippen molar-refractivity contribution in [2.24, 2.45) is 5.73 Å². The number of rotatable bonds is 6. The molecule has 4 atom stereocenters. The van der Waals surface area contributed by atoms with Crippen LogP contribution in [0.25, 0.3) is 0 Å². The number of nitrogens with two attached hydrogens (primary N) is 1. The van der Waals surface area contributed by atoms with E-state index in [2.05, 4.69) is 4.98 Å². The highest BCUT2D eigenvalue weighted by molar-refractivity contribution is 5.84. The molecule has 13 heteroatoms. The van der Waals surface area contributed by atoms with Gasteiger partial charge >= 0.3 is 11.7 Å². The summed E-state index contributed by atoms with van der Waals surface area (Å²) in [6.45, 7) is 2.60. The molecule has 1 amide bonds. The van der Waals surface area contributed by atoms with E-state index in [1.807, 2.05) is 0 Å². The molecule has 2 aliphatic rings. The third-order valence-electron chi connectivity index (χ3n) is 4.31. The van der Waals surface area contributed by atoms with E-state index in [9.17, 15) is 19.2 Å². The average Bonchev–Trinajstić information content (AvgIpc) is 3.14. The lowest BCUT2D eigenvalue weighted by Gasteiger charge is -2.29. The molecule has 4 unspecified atom stereocenters. The number of aliphatic hydroxyl groups is 2. The summed E-state index contributed by atoms with van der Waals surface area (Å²) in [4.78, 5) is 48.0. The number of hydrogen-bond donors (Lipinski definition) is 5. The molecule has 1 saturated heterocycles. The van der Waals surface area contributed by atoms with Gasteiger partial charge in [-0.05, 0) is 39.2 Å². The number of nitrogens with zero attached hydrogens (tertiary/aromatic N) is 1. The smallest absolute Gasteiger partial charge is 0.370 e. The summed E-state index contributed by atoms with van der Waals surface area (Å²) in [5.74, 6) is -3.77. The Labute approximate surface area is 182 Å². The number of carboxylic acid groups (broad SMARTS) is 1. The Morgan fingerprint density at radius 3 is 2.50 bits per heavy atom. The number of allylic oxidation sites excluding steroid dienone is 1.